The number of amides is 1. The summed E-state index contributed by atoms with van der Waals surface area (Å²) in [5.41, 5.74) is 6.44. The molecule has 110 valence electrons. The van der Waals surface area contributed by atoms with E-state index in [-0.39, 0.29) is 17.9 Å². The average Bonchev–Trinajstić information content (AvgIpc) is 2.80. The van der Waals surface area contributed by atoms with E-state index in [4.69, 9.17) is 22.1 Å². The third-order valence-electron chi connectivity index (χ3n) is 3.40. The molecule has 1 amide bonds. The fourth-order valence-corrected chi connectivity index (χ4v) is 3.36. The van der Waals surface area contributed by atoms with E-state index < -0.39 is 0 Å². The Kier molecular flexibility index (Phi) is 5.29. The molecule has 1 aliphatic rings. The predicted molar refractivity (Wildman–Crippen MR) is 84.3 cm³/mol. The number of rotatable bonds is 4. The van der Waals surface area contributed by atoms with Crippen molar-refractivity contribution in [3.63, 3.8) is 0 Å². The van der Waals surface area contributed by atoms with Gasteiger partial charge in [-0.15, -0.1) is 0 Å². The maximum atomic E-state index is 12.3. The summed E-state index contributed by atoms with van der Waals surface area (Å²) in [5, 5.41) is 3.45. The van der Waals surface area contributed by atoms with Gasteiger partial charge in [-0.1, -0.05) is 11.6 Å². The summed E-state index contributed by atoms with van der Waals surface area (Å²) in [4.78, 5) is 12.3. The van der Waals surface area contributed by atoms with Crippen molar-refractivity contribution in [2.24, 2.45) is 11.7 Å². The van der Waals surface area contributed by atoms with Crippen LogP contribution in [0.1, 0.15) is 26.2 Å². The molecule has 0 aliphatic heterocycles. The summed E-state index contributed by atoms with van der Waals surface area (Å²) in [7, 11) is 0. The van der Waals surface area contributed by atoms with Crippen LogP contribution in [0, 0.1) is 5.92 Å². The number of nitrogens with two attached hydrogens (primary N) is 1. The van der Waals surface area contributed by atoms with E-state index in [1.165, 1.54) is 0 Å². The quantitative estimate of drug-likeness (QED) is 0.861. The Morgan fingerprint density at radius 3 is 2.90 bits per heavy atom. The summed E-state index contributed by atoms with van der Waals surface area (Å²) in [6, 6.07) is 3.57. The highest BCUT2D eigenvalue weighted by molar-refractivity contribution is 9.10. The lowest BCUT2D eigenvalue weighted by Gasteiger charge is -2.16. The Morgan fingerprint density at radius 1 is 1.55 bits per heavy atom. The minimum absolute atomic E-state index is 0.0203. The van der Waals surface area contributed by atoms with Crippen LogP contribution in [-0.4, -0.2) is 18.6 Å². The minimum Gasteiger partial charge on any atom is -0.491 e. The molecule has 6 heteroatoms. The zero-order valence-corrected chi connectivity index (χ0v) is 13.6. The molecule has 2 unspecified atom stereocenters. The molecule has 0 heterocycles. The summed E-state index contributed by atoms with van der Waals surface area (Å²) in [6.45, 7) is 2.40. The van der Waals surface area contributed by atoms with Gasteiger partial charge < -0.3 is 15.8 Å². The number of nitrogens with one attached hydrogen (secondary N) is 1. The molecule has 0 bridgehead atoms. The first-order chi connectivity index (χ1) is 9.51. The lowest BCUT2D eigenvalue weighted by molar-refractivity contribution is -0.119. The number of halogens is 2. The van der Waals surface area contributed by atoms with Crippen molar-refractivity contribution in [3.05, 3.63) is 21.6 Å². The van der Waals surface area contributed by atoms with Crippen LogP contribution in [0.25, 0.3) is 0 Å². The van der Waals surface area contributed by atoms with Gasteiger partial charge in [-0.25, -0.2) is 0 Å². The van der Waals surface area contributed by atoms with Crippen LogP contribution in [0.4, 0.5) is 5.69 Å². The maximum absolute atomic E-state index is 12.3. The zero-order valence-electron chi connectivity index (χ0n) is 11.3. The number of carbonyl (C=O) groups is 1. The molecule has 4 nitrogen and oxygen atoms in total. The second-order valence-corrected chi connectivity index (χ2v) is 6.25. The molecule has 1 aromatic carbocycles. The second kappa shape index (κ2) is 6.78. The molecular formula is C14H18BrClN2O2. The molecule has 0 radical (unpaired) electrons. The van der Waals surface area contributed by atoms with E-state index in [1.807, 2.05) is 6.92 Å². The fourth-order valence-electron chi connectivity index (χ4n) is 2.43. The van der Waals surface area contributed by atoms with E-state index in [0.29, 0.717) is 23.1 Å². The first-order valence-corrected chi connectivity index (χ1v) is 7.86. The van der Waals surface area contributed by atoms with Crippen LogP contribution < -0.4 is 15.8 Å². The molecule has 0 aromatic heterocycles. The topological polar surface area (TPSA) is 64.3 Å². The van der Waals surface area contributed by atoms with Gasteiger partial charge in [0.05, 0.1) is 16.8 Å². The summed E-state index contributed by atoms with van der Waals surface area (Å²) in [6.07, 6.45) is 2.46. The molecule has 1 aliphatic carbocycles. The van der Waals surface area contributed by atoms with E-state index in [0.717, 1.165) is 23.7 Å². The molecule has 0 spiro atoms. The Labute approximate surface area is 132 Å². The second-order valence-electron chi connectivity index (χ2n) is 4.96. The highest BCUT2D eigenvalue weighted by Gasteiger charge is 2.28. The fraction of sp³-hybridized carbons (Fsp3) is 0.500. The van der Waals surface area contributed by atoms with Gasteiger partial charge in [-0.3, -0.25) is 4.79 Å². The summed E-state index contributed by atoms with van der Waals surface area (Å²) >= 11 is 9.43. The van der Waals surface area contributed by atoms with Crippen LogP contribution in [0.2, 0.25) is 5.02 Å². The van der Waals surface area contributed by atoms with Crippen LogP contribution >= 0.6 is 27.5 Å². The highest BCUT2D eigenvalue weighted by Crippen LogP contribution is 2.37. The molecule has 0 saturated heterocycles. The van der Waals surface area contributed by atoms with Crippen LogP contribution in [0.5, 0.6) is 5.75 Å². The first-order valence-electron chi connectivity index (χ1n) is 6.69. The van der Waals surface area contributed by atoms with E-state index in [1.54, 1.807) is 12.1 Å². The van der Waals surface area contributed by atoms with Gasteiger partial charge in [0.2, 0.25) is 5.91 Å². The minimum atomic E-state index is -0.0303. The molecule has 1 fully saturated rings. The van der Waals surface area contributed by atoms with Gasteiger partial charge >= 0.3 is 0 Å². The third kappa shape index (κ3) is 3.65. The highest BCUT2D eigenvalue weighted by atomic mass is 79.9. The van der Waals surface area contributed by atoms with Crippen molar-refractivity contribution < 1.29 is 9.53 Å². The number of hydrogen-bond acceptors (Lipinski definition) is 3. The Hall–Kier alpha value is -0.780. The van der Waals surface area contributed by atoms with E-state index >= 15 is 0 Å². The van der Waals surface area contributed by atoms with Crippen molar-refractivity contribution in [1.82, 2.24) is 0 Å². The van der Waals surface area contributed by atoms with Crippen molar-refractivity contribution in [3.8, 4) is 5.75 Å². The van der Waals surface area contributed by atoms with Crippen molar-refractivity contribution in [1.29, 1.82) is 0 Å². The third-order valence-corrected chi connectivity index (χ3v) is 4.21. The molecule has 3 N–H and O–H groups in total. The first kappa shape index (κ1) is 15.6. The Morgan fingerprint density at radius 2 is 2.30 bits per heavy atom. The molecule has 2 rings (SSSR count). The zero-order chi connectivity index (χ0) is 14.7. The van der Waals surface area contributed by atoms with Crippen molar-refractivity contribution in [2.45, 2.75) is 32.2 Å². The normalized spacial score (nSPS) is 21.8. The SMILES string of the molecule is CCOc1c(Br)cc(Cl)cc1NC(=O)C1CCC(N)C1. The summed E-state index contributed by atoms with van der Waals surface area (Å²) in [5.74, 6) is 0.554. The largest absolute Gasteiger partial charge is 0.491 e. The van der Waals surface area contributed by atoms with Gasteiger partial charge in [0, 0.05) is 17.0 Å². The monoisotopic (exact) mass is 360 g/mol. The van der Waals surface area contributed by atoms with Crippen LogP contribution in [-0.2, 0) is 4.79 Å². The smallest absolute Gasteiger partial charge is 0.227 e. The lowest BCUT2D eigenvalue weighted by Crippen LogP contribution is -2.23. The molecule has 1 saturated carbocycles. The van der Waals surface area contributed by atoms with Gasteiger partial charge in [-0.2, -0.15) is 0 Å². The van der Waals surface area contributed by atoms with Gasteiger partial charge in [0.25, 0.3) is 0 Å². The number of ether oxygens (including phenoxy) is 1. The van der Waals surface area contributed by atoms with Crippen molar-refractivity contribution >= 4 is 39.1 Å². The van der Waals surface area contributed by atoms with Crippen LogP contribution in [0.15, 0.2) is 16.6 Å². The van der Waals surface area contributed by atoms with E-state index in [9.17, 15) is 4.79 Å². The van der Waals surface area contributed by atoms with Gasteiger partial charge in [0.1, 0.15) is 0 Å². The molecule has 2 atom stereocenters. The average molecular weight is 362 g/mol. The van der Waals surface area contributed by atoms with Crippen molar-refractivity contribution in [2.75, 3.05) is 11.9 Å². The van der Waals surface area contributed by atoms with Gasteiger partial charge in [-0.05, 0) is 54.2 Å². The number of benzene rings is 1. The van der Waals surface area contributed by atoms with Crippen LogP contribution in [0.3, 0.4) is 0 Å². The number of carbonyl (C=O) groups excluding carboxylic acids is 1. The number of hydrogen-bond donors (Lipinski definition) is 2. The van der Waals surface area contributed by atoms with E-state index in [2.05, 4.69) is 21.2 Å². The summed E-state index contributed by atoms with van der Waals surface area (Å²) < 4.78 is 6.29. The molecule has 20 heavy (non-hydrogen) atoms. The molecule has 1 aromatic rings. The number of anilines is 1. The maximum Gasteiger partial charge on any atom is 0.227 e. The predicted octanol–water partition coefficient (Wildman–Crippen LogP) is 3.57. The standard InChI is InChI=1S/C14H18BrClN2O2/c1-2-20-13-11(15)6-9(16)7-12(13)18-14(19)8-3-4-10(17)5-8/h6-8,10H,2-5,17H2,1H3,(H,18,19). The lowest BCUT2D eigenvalue weighted by atomic mass is 10.1. The Balaban J connectivity index is 2.17. The van der Waals surface area contributed by atoms with Gasteiger partial charge in [0.15, 0.2) is 5.75 Å². The molecular weight excluding hydrogens is 344 g/mol. The Bertz CT molecular complexity index is 510.